The molecule has 1 heterocycles. The van der Waals surface area contributed by atoms with E-state index in [-0.39, 0.29) is 18.1 Å². The van der Waals surface area contributed by atoms with Crippen LogP contribution in [0.5, 0.6) is 0 Å². The van der Waals surface area contributed by atoms with Gasteiger partial charge in [0.15, 0.2) is 0 Å². The largest absolute Gasteiger partial charge is 0.442 e. The maximum absolute atomic E-state index is 12.7. The van der Waals surface area contributed by atoms with Gasteiger partial charge in [0, 0.05) is 23.9 Å². The van der Waals surface area contributed by atoms with Gasteiger partial charge in [-0.25, -0.2) is 4.79 Å². The maximum Gasteiger partial charge on any atom is 0.410 e. The molecule has 1 amide bonds. The highest BCUT2D eigenvalue weighted by Gasteiger charge is 2.47. The van der Waals surface area contributed by atoms with Gasteiger partial charge in [0.05, 0.1) is 11.6 Å². The summed E-state index contributed by atoms with van der Waals surface area (Å²) in [6.07, 6.45) is 0.875. The molecule has 1 aliphatic heterocycles. The predicted molar refractivity (Wildman–Crippen MR) is 98.8 cm³/mol. The Labute approximate surface area is 153 Å². The number of ether oxygens (including phenoxy) is 1. The van der Waals surface area contributed by atoms with E-state index in [0.717, 1.165) is 16.5 Å². The Morgan fingerprint density at radius 2 is 1.88 bits per heavy atom. The van der Waals surface area contributed by atoms with Crippen LogP contribution in [0.2, 0.25) is 0 Å². The Morgan fingerprint density at radius 3 is 2.33 bits per heavy atom. The molecule has 1 aliphatic rings. The first-order chi connectivity index (χ1) is 11.0. The minimum atomic E-state index is -0.871. The van der Waals surface area contributed by atoms with Crippen LogP contribution in [0.4, 0.5) is 4.79 Å². The molecule has 4 nitrogen and oxygen atoms in total. The second-order valence-electron chi connectivity index (χ2n) is 7.75. The minimum Gasteiger partial charge on any atom is -0.442 e. The molecule has 0 unspecified atom stereocenters. The van der Waals surface area contributed by atoms with Gasteiger partial charge in [0.1, 0.15) is 5.60 Å². The summed E-state index contributed by atoms with van der Waals surface area (Å²) in [5.41, 5.74) is -0.398. The molecule has 0 spiro atoms. The van der Waals surface area contributed by atoms with Crippen molar-refractivity contribution in [3.05, 3.63) is 34.3 Å². The van der Waals surface area contributed by atoms with Gasteiger partial charge in [-0.2, -0.15) is 0 Å². The Balaban J connectivity index is 2.16. The number of halogens is 1. The van der Waals surface area contributed by atoms with E-state index in [1.165, 1.54) is 0 Å². The van der Waals surface area contributed by atoms with E-state index in [0.29, 0.717) is 13.0 Å². The lowest BCUT2D eigenvalue weighted by molar-refractivity contribution is -0.119. The highest BCUT2D eigenvalue weighted by atomic mass is 79.9. The molecule has 2 rings (SSSR count). The second-order valence-corrected chi connectivity index (χ2v) is 8.66. The lowest BCUT2D eigenvalue weighted by atomic mass is 9.77. The van der Waals surface area contributed by atoms with E-state index in [9.17, 15) is 9.90 Å². The molecule has 1 aromatic rings. The number of rotatable bonds is 5. The van der Waals surface area contributed by atoms with Crippen molar-refractivity contribution in [1.29, 1.82) is 0 Å². The van der Waals surface area contributed by atoms with Crippen LogP contribution >= 0.6 is 15.9 Å². The summed E-state index contributed by atoms with van der Waals surface area (Å²) < 4.78 is 6.93. The van der Waals surface area contributed by atoms with E-state index in [1.54, 1.807) is 18.7 Å². The summed E-state index contributed by atoms with van der Waals surface area (Å²) in [4.78, 5) is 14.5. The summed E-state index contributed by atoms with van der Waals surface area (Å²) in [6.45, 7) is 10.3. The highest BCUT2D eigenvalue weighted by molar-refractivity contribution is 9.10. The molecule has 24 heavy (non-hydrogen) atoms. The molecule has 0 saturated carbocycles. The topological polar surface area (TPSA) is 49.8 Å². The molecule has 1 saturated heterocycles. The molecule has 1 fully saturated rings. The van der Waals surface area contributed by atoms with Crippen molar-refractivity contribution in [2.75, 3.05) is 6.54 Å². The molecule has 0 aromatic heterocycles. The van der Waals surface area contributed by atoms with Crippen molar-refractivity contribution in [2.45, 2.75) is 64.7 Å². The SMILES string of the molecule is CC(C)[C@@]1(CC(C)(C)O)CCN([C@@H](C)c2ccc(Br)cc2)C(=O)O1. The van der Waals surface area contributed by atoms with Gasteiger partial charge in [-0.1, -0.05) is 41.9 Å². The quantitative estimate of drug-likeness (QED) is 0.767. The van der Waals surface area contributed by atoms with Crippen molar-refractivity contribution in [3.8, 4) is 0 Å². The van der Waals surface area contributed by atoms with E-state index in [4.69, 9.17) is 4.74 Å². The van der Waals surface area contributed by atoms with Crippen LogP contribution < -0.4 is 0 Å². The van der Waals surface area contributed by atoms with E-state index < -0.39 is 11.2 Å². The Kier molecular flexibility index (Phi) is 5.65. The number of aliphatic hydroxyl groups is 1. The molecule has 0 radical (unpaired) electrons. The average molecular weight is 398 g/mol. The number of benzene rings is 1. The number of hydrogen-bond donors (Lipinski definition) is 1. The minimum absolute atomic E-state index is 0.0436. The number of carbonyl (C=O) groups is 1. The Bertz CT molecular complexity index is 579. The molecule has 1 aromatic carbocycles. The lowest BCUT2D eigenvalue weighted by Crippen LogP contribution is -2.55. The maximum atomic E-state index is 12.7. The zero-order valence-corrected chi connectivity index (χ0v) is 16.8. The van der Waals surface area contributed by atoms with Crippen LogP contribution in [0.25, 0.3) is 0 Å². The van der Waals surface area contributed by atoms with Gasteiger partial charge in [0.2, 0.25) is 0 Å². The first-order valence-corrected chi connectivity index (χ1v) is 9.31. The van der Waals surface area contributed by atoms with Crippen molar-refractivity contribution >= 4 is 22.0 Å². The van der Waals surface area contributed by atoms with Crippen molar-refractivity contribution in [2.24, 2.45) is 5.92 Å². The van der Waals surface area contributed by atoms with Crippen LogP contribution in [0.1, 0.15) is 59.1 Å². The molecule has 0 aliphatic carbocycles. The third-order valence-corrected chi connectivity index (χ3v) is 5.43. The third kappa shape index (κ3) is 4.31. The molecule has 0 bridgehead atoms. The highest BCUT2D eigenvalue weighted by Crippen LogP contribution is 2.39. The summed E-state index contributed by atoms with van der Waals surface area (Å²) in [7, 11) is 0. The van der Waals surface area contributed by atoms with Crippen molar-refractivity contribution < 1.29 is 14.6 Å². The van der Waals surface area contributed by atoms with Crippen molar-refractivity contribution in [1.82, 2.24) is 4.90 Å². The van der Waals surface area contributed by atoms with Gasteiger partial charge in [-0.15, -0.1) is 0 Å². The standard InChI is InChI=1S/C19H28BrNO3/c1-13(2)19(12-18(4,5)23)10-11-21(17(22)24-19)14(3)15-6-8-16(20)9-7-15/h6-9,13-14,23H,10-12H2,1-5H3/t14-,19-/m0/s1. The smallest absolute Gasteiger partial charge is 0.410 e. The average Bonchev–Trinajstić information content (AvgIpc) is 2.45. The number of nitrogens with zero attached hydrogens (tertiary/aromatic N) is 1. The summed E-state index contributed by atoms with van der Waals surface area (Å²) >= 11 is 3.43. The van der Waals surface area contributed by atoms with E-state index >= 15 is 0 Å². The number of carbonyl (C=O) groups excluding carboxylic acids is 1. The molecule has 134 valence electrons. The van der Waals surface area contributed by atoms with Crippen LogP contribution in [0, 0.1) is 5.92 Å². The Hall–Kier alpha value is -1.07. The zero-order chi connectivity index (χ0) is 18.1. The Morgan fingerprint density at radius 1 is 1.29 bits per heavy atom. The fourth-order valence-corrected chi connectivity index (χ4v) is 3.69. The second kappa shape index (κ2) is 7.04. The number of amides is 1. The van der Waals surface area contributed by atoms with Gasteiger partial charge in [0.25, 0.3) is 0 Å². The normalized spacial score (nSPS) is 23.3. The molecule has 5 heteroatoms. The zero-order valence-electron chi connectivity index (χ0n) is 15.2. The molecular formula is C19H28BrNO3. The van der Waals surface area contributed by atoms with E-state index in [1.807, 2.05) is 45.0 Å². The van der Waals surface area contributed by atoms with Gasteiger partial charge in [-0.3, -0.25) is 0 Å². The van der Waals surface area contributed by atoms with Gasteiger partial charge < -0.3 is 14.7 Å². The van der Waals surface area contributed by atoms with Crippen LogP contribution in [0.15, 0.2) is 28.7 Å². The fourth-order valence-electron chi connectivity index (χ4n) is 3.42. The summed E-state index contributed by atoms with van der Waals surface area (Å²) in [6, 6.07) is 7.95. The van der Waals surface area contributed by atoms with Crippen molar-refractivity contribution in [3.63, 3.8) is 0 Å². The monoisotopic (exact) mass is 397 g/mol. The van der Waals surface area contributed by atoms with Gasteiger partial charge >= 0.3 is 6.09 Å². The summed E-state index contributed by atoms with van der Waals surface area (Å²) in [5.74, 6) is 0.151. The first-order valence-electron chi connectivity index (χ1n) is 8.51. The lowest BCUT2D eigenvalue weighted by Gasteiger charge is -2.47. The molecule has 1 N–H and O–H groups in total. The fraction of sp³-hybridized carbons (Fsp3) is 0.632. The first kappa shape index (κ1) is 19.3. The van der Waals surface area contributed by atoms with Crippen LogP contribution in [-0.4, -0.2) is 33.8 Å². The van der Waals surface area contributed by atoms with Gasteiger partial charge in [-0.05, 0) is 44.4 Å². The molecule has 2 atom stereocenters. The summed E-state index contributed by atoms with van der Waals surface area (Å²) in [5, 5.41) is 10.2. The van der Waals surface area contributed by atoms with Crippen LogP contribution in [0.3, 0.4) is 0 Å². The van der Waals surface area contributed by atoms with E-state index in [2.05, 4.69) is 15.9 Å². The van der Waals surface area contributed by atoms with Crippen LogP contribution in [-0.2, 0) is 4.74 Å². The molecular weight excluding hydrogens is 370 g/mol. The number of hydrogen-bond acceptors (Lipinski definition) is 3. The predicted octanol–water partition coefficient (Wildman–Crippen LogP) is 4.91. The number of cyclic esters (lactones) is 1. The third-order valence-electron chi connectivity index (χ3n) is 4.90.